The predicted molar refractivity (Wildman–Crippen MR) is 95.9 cm³/mol. The molecule has 3 rings (SSSR count). The Morgan fingerprint density at radius 1 is 0.958 bits per heavy atom. The standard InChI is InChI=1S/C18H17NO4S/c1-21-14-9-12(10-15(22-2)17(14)23-3)18(20)19-13-4-5-16-11(8-13)6-7-24-16/h4-10H,1-3H3,(H,19,20). The number of fused-ring (bicyclic) bond motifs is 1. The molecule has 5 nitrogen and oxygen atoms in total. The zero-order chi connectivity index (χ0) is 17.1. The first-order chi connectivity index (χ1) is 11.7. The van der Waals surface area contributed by atoms with E-state index in [1.54, 1.807) is 23.5 Å². The van der Waals surface area contributed by atoms with Gasteiger partial charge in [0.25, 0.3) is 5.91 Å². The Bertz CT molecular complexity index is 863. The van der Waals surface area contributed by atoms with Crippen molar-refractivity contribution in [3.8, 4) is 17.2 Å². The van der Waals surface area contributed by atoms with Crippen molar-refractivity contribution >= 4 is 33.0 Å². The van der Waals surface area contributed by atoms with Crippen molar-refractivity contribution < 1.29 is 19.0 Å². The molecule has 0 bridgehead atoms. The lowest BCUT2D eigenvalue weighted by Gasteiger charge is -2.14. The minimum absolute atomic E-state index is 0.246. The molecule has 0 radical (unpaired) electrons. The fourth-order valence-corrected chi connectivity index (χ4v) is 3.23. The van der Waals surface area contributed by atoms with Crippen molar-refractivity contribution in [1.29, 1.82) is 0 Å². The van der Waals surface area contributed by atoms with Gasteiger partial charge in [-0.15, -0.1) is 11.3 Å². The van der Waals surface area contributed by atoms with Crippen molar-refractivity contribution in [1.82, 2.24) is 0 Å². The number of benzene rings is 2. The molecule has 0 spiro atoms. The number of amides is 1. The molecule has 0 saturated heterocycles. The number of carbonyl (C=O) groups is 1. The van der Waals surface area contributed by atoms with Crippen LogP contribution < -0.4 is 19.5 Å². The monoisotopic (exact) mass is 343 g/mol. The zero-order valence-corrected chi connectivity index (χ0v) is 14.4. The third-order valence-electron chi connectivity index (χ3n) is 3.64. The van der Waals surface area contributed by atoms with E-state index in [1.165, 1.54) is 26.0 Å². The highest BCUT2D eigenvalue weighted by Crippen LogP contribution is 2.38. The molecule has 1 aromatic heterocycles. The van der Waals surface area contributed by atoms with E-state index in [2.05, 4.69) is 5.32 Å². The lowest BCUT2D eigenvalue weighted by atomic mass is 10.1. The van der Waals surface area contributed by atoms with E-state index in [-0.39, 0.29) is 5.91 Å². The van der Waals surface area contributed by atoms with Gasteiger partial charge in [0, 0.05) is 16.0 Å². The lowest BCUT2D eigenvalue weighted by molar-refractivity contribution is 0.102. The minimum atomic E-state index is -0.246. The molecule has 0 saturated carbocycles. The maximum absolute atomic E-state index is 12.6. The molecule has 0 aliphatic rings. The van der Waals surface area contributed by atoms with Crippen LogP contribution in [0.5, 0.6) is 17.2 Å². The van der Waals surface area contributed by atoms with Crippen LogP contribution in [0, 0.1) is 0 Å². The first kappa shape index (κ1) is 16.1. The second kappa shape index (κ2) is 6.80. The van der Waals surface area contributed by atoms with Gasteiger partial charge in [-0.2, -0.15) is 0 Å². The van der Waals surface area contributed by atoms with Crippen LogP contribution in [-0.2, 0) is 0 Å². The van der Waals surface area contributed by atoms with E-state index in [1.807, 2.05) is 29.6 Å². The molecule has 6 heteroatoms. The highest BCUT2D eigenvalue weighted by molar-refractivity contribution is 7.17. The molecule has 3 aromatic rings. The van der Waals surface area contributed by atoms with E-state index in [0.717, 1.165) is 11.1 Å². The number of hydrogen-bond donors (Lipinski definition) is 1. The highest BCUT2D eigenvalue weighted by Gasteiger charge is 2.17. The second-order valence-corrected chi connectivity index (χ2v) is 5.99. The van der Waals surface area contributed by atoms with Gasteiger partial charge in [-0.1, -0.05) is 0 Å². The van der Waals surface area contributed by atoms with Crippen molar-refractivity contribution in [2.24, 2.45) is 0 Å². The smallest absolute Gasteiger partial charge is 0.255 e. The molecule has 0 atom stereocenters. The molecule has 0 aliphatic carbocycles. The van der Waals surface area contributed by atoms with Crippen LogP contribution in [0.1, 0.15) is 10.4 Å². The number of hydrogen-bond acceptors (Lipinski definition) is 5. The lowest BCUT2D eigenvalue weighted by Crippen LogP contribution is -2.12. The summed E-state index contributed by atoms with van der Waals surface area (Å²) in [5.74, 6) is 1.09. The largest absolute Gasteiger partial charge is 0.493 e. The van der Waals surface area contributed by atoms with Gasteiger partial charge in [-0.25, -0.2) is 0 Å². The number of rotatable bonds is 5. The Labute approximate surface area is 143 Å². The Kier molecular flexibility index (Phi) is 4.57. The quantitative estimate of drug-likeness (QED) is 0.755. The molecule has 1 amide bonds. The second-order valence-electron chi connectivity index (χ2n) is 5.04. The average molecular weight is 343 g/mol. The fraction of sp³-hybridized carbons (Fsp3) is 0.167. The maximum atomic E-state index is 12.6. The summed E-state index contributed by atoms with van der Waals surface area (Å²) in [4.78, 5) is 12.6. The van der Waals surface area contributed by atoms with Crippen LogP contribution in [0.25, 0.3) is 10.1 Å². The number of anilines is 1. The summed E-state index contributed by atoms with van der Waals surface area (Å²) >= 11 is 1.67. The Balaban J connectivity index is 1.91. The first-order valence-corrected chi connectivity index (χ1v) is 8.13. The predicted octanol–water partition coefficient (Wildman–Crippen LogP) is 4.18. The van der Waals surface area contributed by atoms with Gasteiger partial charge in [0.15, 0.2) is 11.5 Å². The number of ether oxygens (including phenoxy) is 3. The molecule has 0 fully saturated rings. The summed E-state index contributed by atoms with van der Waals surface area (Å²) in [6.07, 6.45) is 0. The third-order valence-corrected chi connectivity index (χ3v) is 4.54. The number of thiophene rings is 1. The summed E-state index contributed by atoms with van der Waals surface area (Å²) in [6, 6.07) is 11.1. The topological polar surface area (TPSA) is 56.8 Å². The van der Waals surface area contributed by atoms with Gasteiger partial charge < -0.3 is 19.5 Å². The van der Waals surface area contributed by atoms with Gasteiger partial charge in [-0.3, -0.25) is 4.79 Å². The Morgan fingerprint density at radius 2 is 1.67 bits per heavy atom. The van der Waals surface area contributed by atoms with Crippen molar-refractivity contribution in [3.05, 3.63) is 47.3 Å². The summed E-state index contributed by atoms with van der Waals surface area (Å²) < 4.78 is 17.0. The molecule has 1 heterocycles. The normalized spacial score (nSPS) is 10.5. The molecule has 0 unspecified atom stereocenters. The molecule has 2 aromatic carbocycles. The summed E-state index contributed by atoms with van der Waals surface area (Å²) in [5.41, 5.74) is 1.16. The zero-order valence-electron chi connectivity index (χ0n) is 13.6. The Morgan fingerprint density at radius 3 is 2.29 bits per heavy atom. The van der Waals surface area contributed by atoms with Crippen molar-refractivity contribution in [2.45, 2.75) is 0 Å². The van der Waals surface area contributed by atoms with Crippen LogP contribution in [0.3, 0.4) is 0 Å². The summed E-state index contributed by atoms with van der Waals surface area (Å²) in [7, 11) is 4.56. The van der Waals surface area contributed by atoms with E-state index in [4.69, 9.17) is 14.2 Å². The van der Waals surface area contributed by atoms with Gasteiger partial charge in [0.1, 0.15) is 0 Å². The molecule has 124 valence electrons. The molecule has 24 heavy (non-hydrogen) atoms. The Hall–Kier alpha value is -2.73. The van der Waals surface area contributed by atoms with Crippen LogP contribution >= 0.6 is 11.3 Å². The van der Waals surface area contributed by atoms with E-state index < -0.39 is 0 Å². The maximum Gasteiger partial charge on any atom is 0.255 e. The number of carbonyl (C=O) groups excluding carboxylic acids is 1. The third kappa shape index (κ3) is 3.00. The van der Waals surface area contributed by atoms with Crippen LogP contribution in [0.2, 0.25) is 0 Å². The molecular formula is C18H17NO4S. The van der Waals surface area contributed by atoms with Gasteiger partial charge >= 0.3 is 0 Å². The van der Waals surface area contributed by atoms with Gasteiger partial charge in [-0.05, 0) is 47.2 Å². The minimum Gasteiger partial charge on any atom is -0.493 e. The summed E-state index contributed by atoms with van der Waals surface area (Å²) in [5, 5.41) is 6.02. The SMILES string of the molecule is COc1cc(C(=O)Nc2ccc3sccc3c2)cc(OC)c1OC. The van der Waals surface area contributed by atoms with E-state index in [9.17, 15) is 4.79 Å². The number of nitrogens with one attached hydrogen (secondary N) is 1. The fourth-order valence-electron chi connectivity index (χ4n) is 2.46. The first-order valence-electron chi connectivity index (χ1n) is 7.25. The van der Waals surface area contributed by atoms with E-state index >= 15 is 0 Å². The van der Waals surface area contributed by atoms with Gasteiger partial charge in [0.2, 0.25) is 5.75 Å². The number of methoxy groups -OCH3 is 3. The van der Waals surface area contributed by atoms with Crippen LogP contribution in [0.15, 0.2) is 41.8 Å². The van der Waals surface area contributed by atoms with Crippen LogP contribution in [-0.4, -0.2) is 27.2 Å². The van der Waals surface area contributed by atoms with Gasteiger partial charge in [0.05, 0.1) is 21.3 Å². The summed E-state index contributed by atoms with van der Waals surface area (Å²) in [6.45, 7) is 0. The van der Waals surface area contributed by atoms with Crippen molar-refractivity contribution in [2.75, 3.05) is 26.6 Å². The molecule has 0 aliphatic heterocycles. The van der Waals surface area contributed by atoms with Crippen LogP contribution in [0.4, 0.5) is 5.69 Å². The van der Waals surface area contributed by atoms with E-state index in [0.29, 0.717) is 22.8 Å². The highest BCUT2D eigenvalue weighted by atomic mass is 32.1. The molecular weight excluding hydrogens is 326 g/mol. The average Bonchev–Trinajstić information content (AvgIpc) is 3.07. The molecule has 1 N–H and O–H groups in total. The van der Waals surface area contributed by atoms with Crippen molar-refractivity contribution in [3.63, 3.8) is 0 Å².